The normalized spacial score (nSPS) is 23.8. The molecule has 1 unspecified atom stereocenters. The van der Waals surface area contributed by atoms with E-state index in [1.54, 1.807) is 13.8 Å². The molecule has 0 radical (unpaired) electrons. The van der Waals surface area contributed by atoms with E-state index in [1.807, 2.05) is 0 Å². The van der Waals surface area contributed by atoms with E-state index in [0.29, 0.717) is 32.1 Å². The Kier molecular flexibility index (Phi) is 5.51. The SMILES string of the molecule is CCOC(=O)C1(CCC(=O)CC)CCCCC1=O. The van der Waals surface area contributed by atoms with Crippen LogP contribution in [0.3, 0.4) is 0 Å². The smallest absolute Gasteiger partial charge is 0.319 e. The van der Waals surface area contributed by atoms with Crippen molar-refractivity contribution in [2.24, 2.45) is 5.41 Å². The van der Waals surface area contributed by atoms with Gasteiger partial charge in [-0.25, -0.2) is 0 Å². The number of rotatable bonds is 6. The van der Waals surface area contributed by atoms with Gasteiger partial charge in [0.2, 0.25) is 0 Å². The predicted octanol–water partition coefficient (Wildman–Crippen LogP) is 2.44. The number of hydrogen-bond donors (Lipinski definition) is 0. The topological polar surface area (TPSA) is 60.4 Å². The third kappa shape index (κ3) is 3.18. The number of carbonyl (C=O) groups excluding carboxylic acids is 3. The second-order valence-electron chi connectivity index (χ2n) is 4.83. The van der Waals surface area contributed by atoms with Crippen LogP contribution in [0, 0.1) is 5.41 Å². The van der Waals surface area contributed by atoms with E-state index in [1.165, 1.54) is 0 Å². The summed E-state index contributed by atoms with van der Waals surface area (Å²) in [5, 5.41) is 0. The zero-order chi connectivity index (χ0) is 13.6. The zero-order valence-corrected chi connectivity index (χ0v) is 11.3. The summed E-state index contributed by atoms with van der Waals surface area (Å²) in [6.45, 7) is 3.80. The van der Waals surface area contributed by atoms with E-state index in [2.05, 4.69) is 0 Å². The second kappa shape index (κ2) is 6.66. The molecule has 0 heterocycles. The van der Waals surface area contributed by atoms with Gasteiger partial charge in [0.1, 0.15) is 17.0 Å². The van der Waals surface area contributed by atoms with E-state index in [0.717, 1.165) is 12.8 Å². The molecule has 0 saturated heterocycles. The fraction of sp³-hybridized carbons (Fsp3) is 0.786. The first-order valence-electron chi connectivity index (χ1n) is 6.79. The van der Waals surface area contributed by atoms with Gasteiger partial charge >= 0.3 is 5.97 Å². The van der Waals surface area contributed by atoms with Crippen molar-refractivity contribution in [3.8, 4) is 0 Å². The third-order valence-electron chi connectivity index (χ3n) is 3.68. The number of Topliss-reactive ketones (excluding diaryl/α,β-unsaturated/α-hetero) is 2. The van der Waals surface area contributed by atoms with Gasteiger partial charge in [0.25, 0.3) is 0 Å². The Morgan fingerprint density at radius 2 is 2.00 bits per heavy atom. The van der Waals surface area contributed by atoms with Gasteiger partial charge in [-0.05, 0) is 26.2 Å². The monoisotopic (exact) mass is 254 g/mol. The average Bonchev–Trinajstić information content (AvgIpc) is 2.38. The van der Waals surface area contributed by atoms with Gasteiger partial charge < -0.3 is 4.74 Å². The van der Waals surface area contributed by atoms with Crippen LogP contribution in [0.5, 0.6) is 0 Å². The minimum atomic E-state index is -1.04. The van der Waals surface area contributed by atoms with Crippen molar-refractivity contribution in [2.75, 3.05) is 6.61 Å². The first kappa shape index (κ1) is 14.9. The quantitative estimate of drug-likeness (QED) is 0.539. The highest BCUT2D eigenvalue weighted by molar-refractivity contribution is 6.04. The van der Waals surface area contributed by atoms with Gasteiger partial charge in [-0.3, -0.25) is 14.4 Å². The molecule has 0 amide bonds. The average molecular weight is 254 g/mol. The van der Waals surface area contributed by atoms with Crippen molar-refractivity contribution in [1.29, 1.82) is 0 Å². The van der Waals surface area contributed by atoms with Crippen molar-refractivity contribution in [3.63, 3.8) is 0 Å². The van der Waals surface area contributed by atoms with E-state index >= 15 is 0 Å². The molecular weight excluding hydrogens is 232 g/mol. The number of ketones is 2. The Morgan fingerprint density at radius 3 is 2.56 bits per heavy atom. The van der Waals surface area contributed by atoms with Crippen molar-refractivity contribution in [2.45, 2.75) is 58.8 Å². The van der Waals surface area contributed by atoms with Gasteiger partial charge in [-0.15, -0.1) is 0 Å². The van der Waals surface area contributed by atoms with Crippen LogP contribution in [0.4, 0.5) is 0 Å². The standard InChI is InChI=1S/C14H22O4/c1-3-11(15)8-10-14(13(17)18-4-2)9-6-5-7-12(14)16/h3-10H2,1-2H3. The molecule has 0 aliphatic heterocycles. The van der Waals surface area contributed by atoms with Crippen molar-refractivity contribution in [1.82, 2.24) is 0 Å². The molecule has 4 nitrogen and oxygen atoms in total. The van der Waals surface area contributed by atoms with Crippen molar-refractivity contribution < 1.29 is 19.1 Å². The third-order valence-corrected chi connectivity index (χ3v) is 3.68. The van der Waals surface area contributed by atoms with E-state index in [4.69, 9.17) is 4.74 Å². The number of esters is 1. The molecule has 0 aromatic carbocycles. The Labute approximate surface area is 108 Å². The molecule has 1 atom stereocenters. The number of ether oxygens (including phenoxy) is 1. The molecule has 0 aromatic rings. The fourth-order valence-corrected chi connectivity index (χ4v) is 2.47. The molecule has 1 rings (SSSR count). The Morgan fingerprint density at radius 1 is 1.28 bits per heavy atom. The predicted molar refractivity (Wildman–Crippen MR) is 67.1 cm³/mol. The van der Waals surface area contributed by atoms with E-state index < -0.39 is 11.4 Å². The van der Waals surface area contributed by atoms with E-state index in [9.17, 15) is 14.4 Å². The fourth-order valence-electron chi connectivity index (χ4n) is 2.47. The van der Waals surface area contributed by atoms with Crippen LogP contribution in [0.25, 0.3) is 0 Å². The Hall–Kier alpha value is -1.19. The van der Waals surface area contributed by atoms with Gasteiger partial charge in [0.15, 0.2) is 0 Å². The number of hydrogen-bond acceptors (Lipinski definition) is 4. The lowest BCUT2D eigenvalue weighted by atomic mass is 9.70. The highest BCUT2D eigenvalue weighted by Crippen LogP contribution is 2.39. The Balaban J connectivity index is 2.82. The summed E-state index contributed by atoms with van der Waals surface area (Å²) in [5.74, 6) is -0.383. The minimum Gasteiger partial charge on any atom is -0.465 e. The molecule has 4 heteroatoms. The molecule has 1 aliphatic carbocycles. The molecule has 102 valence electrons. The molecule has 1 saturated carbocycles. The van der Waals surface area contributed by atoms with Crippen LogP contribution in [0.2, 0.25) is 0 Å². The summed E-state index contributed by atoms with van der Waals surface area (Å²) in [4.78, 5) is 35.6. The lowest BCUT2D eigenvalue weighted by Crippen LogP contribution is -2.43. The zero-order valence-electron chi connectivity index (χ0n) is 11.3. The van der Waals surface area contributed by atoms with Gasteiger partial charge in [0, 0.05) is 19.3 Å². The van der Waals surface area contributed by atoms with Crippen LogP contribution in [-0.4, -0.2) is 24.1 Å². The van der Waals surface area contributed by atoms with Crippen LogP contribution in [0.15, 0.2) is 0 Å². The minimum absolute atomic E-state index is 0.0453. The maximum Gasteiger partial charge on any atom is 0.319 e. The van der Waals surface area contributed by atoms with E-state index in [-0.39, 0.29) is 18.2 Å². The summed E-state index contributed by atoms with van der Waals surface area (Å²) in [5.41, 5.74) is -1.04. The lowest BCUT2D eigenvalue weighted by Gasteiger charge is -2.33. The molecule has 0 spiro atoms. The summed E-state index contributed by atoms with van der Waals surface area (Å²) in [6, 6.07) is 0. The summed E-state index contributed by atoms with van der Waals surface area (Å²) < 4.78 is 5.05. The van der Waals surface area contributed by atoms with Crippen LogP contribution < -0.4 is 0 Å². The summed E-state index contributed by atoms with van der Waals surface area (Å²) in [7, 11) is 0. The van der Waals surface area contributed by atoms with Gasteiger partial charge in [-0.2, -0.15) is 0 Å². The first-order valence-corrected chi connectivity index (χ1v) is 6.79. The van der Waals surface area contributed by atoms with Gasteiger partial charge in [0.05, 0.1) is 6.61 Å². The molecule has 0 bridgehead atoms. The number of carbonyl (C=O) groups is 3. The summed E-state index contributed by atoms with van der Waals surface area (Å²) in [6.07, 6.45) is 3.71. The van der Waals surface area contributed by atoms with Crippen molar-refractivity contribution >= 4 is 17.5 Å². The van der Waals surface area contributed by atoms with Crippen LogP contribution in [-0.2, 0) is 19.1 Å². The highest BCUT2D eigenvalue weighted by atomic mass is 16.5. The van der Waals surface area contributed by atoms with Crippen molar-refractivity contribution in [3.05, 3.63) is 0 Å². The first-order chi connectivity index (χ1) is 8.56. The molecule has 18 heavy (non-hydrogen) atoms. The highest BCUT2D eigenvalue weighted by Gasteiger charge is 2.47. The Bertz CT molecular complexity index is 335. The summed E-state index contributed by atoms with van der Waals surface area (Å²) >= 11 is 0. The molecule has 1 aliphatic rings. The van der Waals surface area contributed by atoms with Crippen LogP contribution in [0.1, 0.15) is 58.8 Å². The molecule has 1 fully saturated rings. The largest absolute Gasteiger partial charge is 0.465 e. The molecule has 0 aromatic heterocycles. The van der Waals surface area contributed by atoms with Crippen LogP contribution >= 0.6 is 0 Å². The van der Waals surface area contributed by atoms with Gasteiger partial charge in [-0.1, -0.05) is 13.3 Å². The molecule has 0 N–H and O–H groups in total. The maximum absolute atomic E-state index is 12.1. The second-order valence-corrected chi connectivity index (χ2v) is 4.83. The lowest BCUT2D eigenvalue weighted by molar-refractivity contribution is -0.163. The maximum atomic E-state index is 12.1. The molecular formula is C14H22O4.